The van der Waals surface area contributed by atoms with Crippen LogP contribution in [0.3, 0.4) is 0 Å². The van der Waals surface area contributed by atoms with Crippen LogP contribution in [-0.2, 0) is 12.5 Å². The predicted octanol–water partition coefficient (Wildman–Crippen LogP) is 5.24. The van der Waals surface area contributed by atoms with E-state index in [0.29, 0.717) is 16.1 Å². The number of alkyl halides is 1. The summed E-state index contributed by atoms with van der Waals surface area (Å²) in [5, 5.41) is 0.503. The van der Waals surface area contributed by atoms with E-state index in [2.05, 4.69) is 0 Å². The van der Waals surface area contributed by atoms with E-state index in [1.165, 1.54) is 0 Å². The van der Waals surface area contributed by atoms with Crippen molar-refractivity contribution >= 4 is 23.2 Å². The van der Waals surface area contributed by atoms with Crippen LogP contribution in [0, 0.1) is 18.6 Å². The van der Waals surface area contributed by atoms with Gasteiger partial charge in [0.2, 0.25) is 0 Å². The number of halogens is 4. The van der Waals surface area contributed by atoms with Gasteiger partial charge in [-0.1, -0.05) is 23.7 Å². The fourth-order valence-corrected chi connectivity index (χ4v) is 2.19. The standard InChI is InChI=1S/C15H12Cl2F2O/c1-9-2-3-11(12(17)4-9)8-20-15-13(18)5-10(7-16)6-14(15)19/h2-6H,7-8H2,1H3. The third-order valence-electron chi connectivity index (χ3n) is 2.79. The molecule has 20 heavy (non-hydrogen) atoms. The lowest BCUT2D eigenvalue weighted by molar-refractivity contribution is 0.274. The van der Waals surface area contributed by atoms with Crippen LogP contribution < -0.4 is 4.74 Å². The molecule has 0 atom stereocenters. The van der Waals surface area contributed by atoms with E-state index in [9.17, 15) is 8.78 Å². The number of aryl methyl sites for hydroxylation is 1. The molecule has 0 bridgehead atoms. The first-order valence-corrected chi connectivity index (χ1v) is 6.84. The summed E-state index contributed by atoms with van der Waals surface area (Å²) < 4.78 is 32.6. The summed E-state index contributed by atoms with van der Waals surface area (Å²) in [6.45, 7) is 1.90. The van der Waals surface area contributed by atoms with E-state index in [4.69, 9.17) is 27.9 Å². The quantitative estimate of drug-likeness (QED) is 0.700. The Balaban J connectivity index is 2.19. The SMILES string of the molecule is Cc1ccc(COc2c(F)cc(CCl)cc2F)c(Cl)c1. The van der Waals surface area contributed by atoms with Gasteiger partial charge in [-0.25, -0.2) is 8.78 Å². The van der Waals surface area contributed by atoms with Gasteiger partial charge in [0.1, 0.15) is 6.61 Å². The van der Waals surface area contributed by atoms with Crippen LogP contribution in [0.1, 0.15) is 16.7 Å². The zero-order valence-corrected chi connectivity index (χ0v) is 12.2. The summed E-state index contributed by atoms with van der Waals surface area (Å²) in [4.78, 5) is 0. The van der Waals surface area contributed by atoms with Crippen LogP contribution in [-0.4, -0.2) is 0 Å². The number of ether oxygens (including phenoxy) is 1. The molecule has 0 fully saturated rings. The van der Waals surface area contributed by atoms with Gasteiger partial charge in [0.15, 0.2) is 17.4 Å². The fraction of sp³-hybridized carbons (Fsp3) is 0.200. The molecule has 2 aromatic carbocycles. The van der Waals surface area contributed by atoms with Gasteiger partial charge in [0.25, 0.3) is 0 Å². The number of hydrogen-bond acceptors (Lipinski definition) is 1. The molecule has 2 rings (SSSR count). The Hall–Kier alpha value is -1.32. The van der Waals surface area contributed by atoms with Crippen LogP contribution in [0.2, 0.25) is 5.02 Å². The Morgan fingerprint density at radius 2 is 1.75 bits per heavy atom. The monoisotopic (exact) mass is 316 g/mol. The lowest BCUT2D eigenvalue weighted by Crippen LogP contribution is -2.01. The van der Waals surface area contributed by atoms with E-state index in [-0.39, 0.29) is 12.5 Å². The van der Waals surface area contributed by atoms with Crippen molar-refractivity contribution in [3.8, 4) is 5.75 Å². The van der Waals surface area contributed by atoms with Gasteiger partial charge < -0.3 is 4.74 Å². The Kier molecular flexibility index (Phi) is 4.84. The maximum absolute atomic E-state index is 13.7. The summed E-state index contributed by atoms with van der Waals surface area (Å²) >= 11 is 11.6. The number of benzene rings is 2. The molecule has 0 aliphatic carbocycles. The minimum Gasteiger partial charge on any atom is -0.483 e. The van der Waals surface area contributed by atoms with Crippen LogP contribution in [0.15, 0.2) is 30.3 Å². The molecule has 0 aliphatic rings. The molecule has 1 nitrogen and oxygen atoms in total. The van der Waals surface area contributed by atoms with E-state index in [1.807, 2.05) is 13.0 Å². The molecular formula is C15H12Cl2F2O. The summed E-state index contributed by atoms with van der Waals surface area (Å²) in [7, 11) is 0. The van der Waals surface area contributed by atoms with Crippen LogP contribution in [0.4, 0.5) is 8.78 Å². The largest absolute Gasteiger partial charge is 0.483 e. The summed E-state index contributed by atoms with van der Waals surface area (Å²) in [5.41, 5.74) is 2.03. The second-order valence-corrected chi connectivity index (χ2v) is 5.08. The van der Waals surface area contributed by atoms with Crippen molar-refractivity contribution in [2.75, 3.05) is 0 Å². The van der Waals surface area contributed by atoms with Crippen molar-refractivity contribution in [1.29, 1.82) is 0 Å². The first-order valence-electron chi connectivity index (χ1n) is 5.93. The Morgan fingerprint density at radius 1 is 1.10 bits per heavy atom. The first kappa shape index (κ1) is 15.1. The van der Waals surface area contributed by atoms with Gasteiger partial charge in [-0.05, 0) is 36.2 Å². The van der Waals surface area contributed by atoms with Crippen LogP contribution >= 0.6 is 23.2 Å². The highest BCUT2D eigenvalue weighted by Gasteiger charge is 2.13. The van der Waals surface area contributed by atoms with Gasteiger partial charge in [-0.15, -0.1) is 11.6 Å². The van der Waals surface area contributed by atoms with Crippen molar-refractivity contribution in [1.82, 2.24) is 0 Å². The molecule has 0 saturated carbocycles. The maximum Gasteiger partial charge on any atom is 0.191 e. The van der Waals surface area contributed by atoms with Crippen molar-refractivity contribution in [2.45, 2.75) is 19.4 Å². The van der Waals surface area contributed by atoms with Crippen LogP contribution in [0.5, 0.6) is 5.75 Å². The van der Waals surface area contributed by atoms with Gasteiger partial charge >= 0.3 is 0 Å². The topological polar surface area (TPSA) is 9.23 Å². The Morgan fingerprint density at radius 3 is 2.30 bits per heavy atom. The molecule has 106 valence electrons. The highest BCUT2D eigenvalue weighted by Crippen LogP contribution is 2.26. The Labute approximate surface area is 126 Å². The first-order chi connectivity index (χ1) is 9.51. The van der Waals surface area contributed by atoms with Crippen molar-refractivity contribution in [3.05, 3.63) is 63.7 Å². The zero-order valence-electron chi connectivity index (χ0n) is 10.7. The molecule has 0 amide bonds. The van der Waals surface area contributed by atoms with Crippen molar-refractivity contribution in [2.24, 2.45) is 0 Å². The fourth-order valence-electron chi connectivity index (χ4n) is 1.75. The molecule has 2 aromatic rings. The lowest BCUT2D eigenvalue weighted by atomic mass is 10.1. The van der Waals surface area contributed by atoms with E-state index in [1.54, 1.807) is 12.1 Å². The van der Waals surface area contributed by atoms with E-state index >= 15 is 0 Å². The second kappa shape index (κ2) is 6.42. The minimum absolute atomic E-state index is 0.00677. The van der Waals surface area contributed by atoms with Crippen LogP contribution in [0.25, 0.3) is 0 Å². The maximum atomic E-state index is 13.7. The highest BCUT2D eigenvalue weighted by molar-refractivity contribution is 6.31. The molecule has 0 heterocycles. The minimum atomic E-state index is -0.774. The molecule has 0 aliphatic heterocycles. The normalized spacial score (nSPS) is 10.7. The molecule has 0 N–H and O–H groups in total. The number of hydrogen-bond donors (Lipinski definition) is 0. The molecular weight excluding hydrogens is 305 g/mol. The van der Waals surface area contributed by atoms with Crippen molar-refractivity contribution in [3.63, 3.8) is 0 Å². The smallest absolute Gasteiger partial charge is 0.191 e. The summed E-state index contributed by atoms with van der Waals surface area (Å²) in [6, 6.07) is 7.70. The predicted molar refractivity (Wildman–Crippen MR) is 76.4 cm³/mol. The average Bonchev–Trinajstić information content (AvgIpc) is 2.39. The van der Waals surface area contributed by atoms with E-state index < -0.39 is 17.4 Å². The number of rotatable bonds is 4. The molecule has 0 saturated heterocycles. The second-order valence-electron chi connectivity index (χ2n) is 4.41. The van der Waals surface area contributed by atoms with Crippen molar-refractivity contribution < 1.29 is 13.5 Å². The van der Waals surface area contributed by atoms with Gasteiger partial charge in [0.05, 0.1) is 0 Å². The molecule has 0 spiro atoms. The highest BCUT2D eigenvalue weighted by atomic mass is 35.5. The third kappa shape index (κ3) is 3.41. The van der Waals surface area contributed by atoms with E-state index in [0.717, 1.165) is 17.7 Å². The molecule has 0 aromatic heterocycles. The summed E-state index contributed by atoms with van der Waals surface area (Å²) in [6.07, 6.45) is 0. The molecule has 5 heteroatoms. The third-order valence-corrected chi connectivity index (χ3v) is 3.45. The lowest BCUT2D eigenvalue weighted by Gasteiger charge is -2.11. The van der Waals surface area contributed by atoms with Gasteiger partial charge in [-0.2, -0.15) is 0 Å². The van der Waals surface area contributed by atoms with Gasteiger partial charge in [0, 0.05) is 16.5 Å². The Bertz CT molecular complexity index is 606. The zero-order chi connectivity index (χ0) is 14.7. The molecule has 0 unspecified atom stereocenters. The summed E-state index contributed by atoms with van der Waals surface area (Å²) in [5.74, 6) is -1.93. The molecule has 0 radical (unpaired) electrons. The van der Waals surface area contributed by atoms with Gasteiger partial charge in [-0.3, -0.25) is 0 Å². The average molecular weight is 317 g/mol.